The van der Waals surface area contributed by atoms with Gasteiger partial charge in [-0.05, 0) is 74.6 Å². The number of nitrogens with zero attached hydrogens (tertiary/aromatic N) is 1. The largest absolute Gasteiger partial charge is 0.492 e. The van der Waals surface area contributed by atoms with Gasteiger partial charge in [-0.15, -0.1) is 0 Å². The van der Waals surface area contributed by atoms with E-state index >= 15 is 0 Å². The van der Waals surface area contributed by atoms with Crippen LogP contribution in [0.3, 0.4) is 0 Å². The van der Waals surface area contributed by atoms with Gasteiger partial charge in [-0.1, -0.05) is 27.2 Å². The van der Waals surface area contributed by atoms with Crippen LogP contribution >= 0.6 is 0 Å². The summed E-state index contributed by atoms with van der Waals surface area (Å²) in [6.45, 7) is 13.4. The van der Waals surface area contributed by atoms with Gasteiger partial charge in [0.05, 0.1) is 0 Å². The second kappa shape index (κ2) is 10.6. The summed E-state index contributed by atoms with van der Waals surface area (Å²) in [7, 11) is 0. The Balaban J connectivity index is 1.49. The molecule has 5 nitrogen and oxygen atoms in total. The number of rotatable bonds is 8. The van der Waals surface area contributed by atoms with Crippen molar-refractivity contribution in [1.29, 1.82) is 0 Å². The Morgan fingerprint density at radius 3 is 2.47 bits per heavy atom. The molecule has 0 spiro atoms. The van der Waals surface area contributed by atoms with Crippen molar-refractivity contribution >= 4 is 11.6 Å². The zero-order chi connectivity index (χ0) is 21.6. The topological polar surface area (TPSA) is 50.8 Å². The van der Waals surface area contributed by atoms with Crippen molar-refractivity contribution in [3.05, 3.63) is 24.3 Å². The lowest BCUT2D eigenvalue weighted by atomic mass is 9.78. The van der Waals surface area contributed by atoms with Crippen molar-refractivity contribution in [3.63, 3.8) is 0 Å². The van der Waals surface area contributed by atoms with Crippen molar-refractivity contribution in [1.82, 2.24) is 4.90 Å². The monoisotopic (exact) mass is 416 g/mol. The lowest BCUT2D eigenvalue weighted by molar-refractivity contribution is -0.147. The average Bonchev–Trinajstić information content (AvgIpc) is 2.69. The van der Waals surface area contributed by atoms with Crippen LogP contribution in [0.25, 0.3) is 0 Å². The minimum absolute atomic E-state index is 0.0158. The highest BCUT2D eigenvalue weighted by Gasteiger charge is 2.42. The molecule has 4 atom stereocenters. The van der Waals surface area contributed by atoms with Gasteiger partial charge >= 0.3 is 0 Å². The maximum atomic E-state index is 13.0. The standard InChI is InChI=1S/C25H40N2O3/c1-5-30-25(12-6-7-19(2)16-25)24(28)26-22-8-10-23(11-9-22)29-14-13-27-17-20(3)15-21(4)18-27/h8-11,19-21H,5-7,12-18H2,1-4H3,(H,26,28)/t19-,20-,21-,25+/m1/s1. The van der Waals surface area contributed by atoms with E-state index in [1.165, 1.54) is 25.9 Å². The predicted octanol–water partition coefficient (Wildman–Crippen LogP) is 4.97. The number of nitrogens with one attached hydrogen (secondary N) is 1. The number of ether oxygens (including phenoxy) is 2. The number of anilines is 1. The normalized spacial score (nSPS) is 30.1. The molecule has 3 rings (SSSR count). The van der Waals surface area contributed by atoms with E-state index in [0.717, 1.165) is 49.1 Å². The van der Waals surface area contributed by atoms with Crippen LogP contribution < -0.4 is 10.1 Å². The molecular formula is C25H40N2O3. The summed E-state index contributed by atoms with van der Waals surface area (Å²) in [6.07, 6.45) is 5.13. The number of hydrogen-bond acceptors (Lipinski definition) is 4. The summed E-state index contributed by atoms with van der Waals surface area (Å²) in [5.74, 6) is 2.88. The summed E-state index contributed by atoms with van der Waals surface area (Å²) in [5.41, 5.74) is 0.105. The number of amides is 1. The molecule has 1 saturated heterocycles. The third kappa shape index (κ3) is 6.21. The summed E-state index contributed by atoms with van der Waals surface area (Å²) >= 11 is 0. The van der Waals surface area contributed by atoms with Crippen LogP contribution in [0.5, 0.6) is 5.75 Å². The molecule has 1 aliphatic heterocycles. The van der Waals surface area contributed by atoms with Crippen LogP contribution in [0, 0.1) is 17.8 Å². The molecule has 1 amide bonds. The Kier molecular flexibility index (Phi) is 8.18. The molecule has 0 radical (unpaired) electrons. The second-order valence-corrected chi connectivity index (χ2v) is 9.66. The van der Waals surface area contributed by atoms with E-state index < -0.39 is 5.60 Å². The Morgan fingerprint density at radius 1 is 1.13 bits per heavy atom. The Bertz CT molecular complexity index is 663. The zero-order valence-electron chi connectivity index (χ0n) is 19.3. The number of hydrogen-bond donors (Lipinski definition) is 1. The van der Waals surface area contributed by atoms with Gasteiger partial charge in [-0.3, -0.25) is 9.69 Å². The smallest absolute Gasteiger partial charge is 0.256 e. The summed E-state index contributed by atoms with van der Waals surface area (Å²) in [5, 5.41) is 3.07. The molecular weight excluding hydrogens is 376 g/mol. The minimum Gasteiger partial charge on any atom is -0.492 e. The molecule has 5 heteroatoms. The van der Waals surface area contributed by atoms with Gasteiger partial charge in [0, 0.05) is 31.9 Å². The number of likely N-dealkylation sites (tertiary alicyclic amines) is 1. The van der Waals surface area contributed by atoms with Crippen LogP contribution in [-0.2, 0) is 9.53 Å². The van der Waals surface area contributed by atoms with Crippen LogP contribution in [-0.4, -0.2) is 49.3 Å². The molecule has 1 aromatic carbocycles. The Hall–Kier alpha value is -1.59. The van der Waals surface area contributed by atoms with Crippen LogP contribution in [0.15, 0.2) is 24.3 Å². The van der Waals surface area contributed by atoms with E-state index in [-0.39, 0.29) is 5.91 Å². The second-order valence-electron chi connectivity index (χ2n) is 9.66. The van der Waals surface area contributed by atoms with Gasteiger partial charge < -0.3 is 14.8 Å². The van der Waals surface area contributed by atoms with E-state index in [9.17, 15) is 4.79 Å². The van der Waals surface area contributed by atoms with E-state index in [2.05, 4.69) is 31.0 Å². The molecule has 1 aliphatic carbocycles. The fraction of sp³-hybridized carbons (Fsp3) is 0.720. The van der Waals surface area contributed by atoms with Gasteiger partial charge in [-0.2, -0.15) is 0 Å². The van der Waals surface area contributed by atoms with Gasteiger partial charge in [0.25, 0.3) is 5.91 Å². The van der Waals surface area contributed by atoms with Crippen molar-refractivity contribution in [2.75, 3.05) is 38.2 Å². The van der Waals surface area contributed by atoms with Crippen molar-refractivity contribution in [2.45, 2.75) is 65.4 Å². The highest BCUT2D eigenvalue weighted by atomic mass is 16.5. The van der Waals surface area contributed by atoms with Crippen LogP contribution in [0.4, 0.5) is 5.69 Å². The molecule has 1 heterocycles. The molecule has 1 N–H and O–H groups in total. The van der Waals surface area contributed by atoms with Crippen LogP contribution in [0.1, 0.15) is 59.8 Å². The molecule has 30 heavy (non-hydrogen) atoms. The van der Waals surface area contributed by atoms with Crippen molar-refractivity contribution < 1.29 is 14.3 Å². The number of benzene rings is 1. The quantitative estimate of drug-likeness (QED) is 0.650. The summed E-state index contributed by atoms with van der Waals surface area (Å²) < 4.78 is 11.9. The third-order valence-corrected chi connectivity index (χ3v) is 6.52. The highest BCUT2D eigenvalue weighted by Crippen LogP contribution is 2.36. The first kappa shape index (κ1) is 23.1. The Morgan fingerprint density at radius 2 is 1.83 bits per heavy atom. The third-order valence-electron chi connectivity index (χ3n) is 6.52. The average molecular weight is 417 g/mol. The lowest BCUT2D eigenvalue weighted by Gasteiger charge is -2.38. The zero-order valence-corrected chi connectivity index (χ0v) is 19.3. The fourth-order valence-electron chi connectivity index (χ4n) is 5.33. The molecule has 2 fully saturated rings. The maximum Gasteiger partial charge on any atom is 0.256 e. The maximum absolute atomic E-state index is 13.0. The number of carbonyl (C=O) groups is 1. The van der Waals surface area contributed by atoms with Gasteiger partial charge in [-0.25, -0.2) is 0 Å². The first-order chi connectivity index (χ1) is 14.4. The SMILES string of the molecule is CCO[C@@]1(C(=O)Nc2ccc(OCCN3C[C@H](C)C[C@@H](C)C3)cc2)CCC[C@@H](C)C1. The van der Waals surface area contributed by atoms with Gasteiger partial charge in [0.1, 0.15) is 18.0 Å². The minimum atomic E-state index is -0.690. The van der Waals surface area contributed by atoms with E-state index in [1.807, 2.05) is 31.2 Å². The van der Waals surface area contributed by atoms with E-state index in [1.54, 1.807) is 0 Å². The number of piperidine rings is 1. The lowest BCUT2D eigenvalue weighted by Crippen LogP contribution is -2.48. The molecule has 1 aromatic rings. The summed E-state index contributed by atoms with van der Waals surface area (Å²) in [6, 6.07) is 7.72. The van der Waals surface area contributed by atoms with E-state index in [0.29, 0.717) is 19.1 Å². The van der Waals surface area contributed by atoms with Gasteiger partial charge in [0.2, 0.25) is 0 Å². The molecule has 0 bridgehead atoms. The first-order valence-corrected chi connectivity index (χ1v) is 11.8. The highest BCUT2D eigenvalue weighted by molar-refractivity contribution is 5.97. The molecule has 0 aromatic heterocycles. The first-order valence-electron chi connectivity index (χ1n) is 11.8. The molecule has 1 saturated carbocycles. The van der Waals surface area contributed by atoms with Crippen molar-refractivity contribution in [3.8, 4) is 5.75 Å². The summed E-state index contributed by atoms with van der Waals surface area (Å²) in [4.78, 5) is 15.5. The molecule has 168 valence electrons. The van der Waals surface area contributed by atoms with Crippen LogP contribution in [0.2, 0.25) is 0 Å². The van der Waals surface area contributed by atoms with E-state index in [4.69, 9.17) is 9.47 Å². The predicted molar refractivity (Wildman–Crippen MR) is 122 cm³/mol. The molecule has 0 unspecified atom stereocenters. The molecule has 2 aliphatic rings. The Labute approximate surface area is 182 Å². The van der Waals surface area contributed by atoms with Crippen molar-refractivity contribution in [2.24, 2.45) is 17.8 Å². The fourth-order valence-corrected chi connectivity index (χ4v) is 5.33. The van der Waals surface area contributed by atoms with Gasteiger partial charge in [0.15, 0.2) is 0 Å². The number of carbonyl (C=O) groups excluding carboxylic acids is 1.